The van der Waals surface area contributed by atoms with Crippen molar-refractivity contribution in [2.24, 2.45) is 0 Å². The number of nitrogens with one attached hydrogen (secondary N) is 2. The van der Waals surface area contributed by atoms with Crippen LogP contribution >= 0.6 is 0 Å². The predicted molar refractivity (Wildman–Crippen MR) is 102 cm³/mol. The van der Waals surface area contributed by atoms with Gasteiger partial charge in [-0.3, -0.25) is 9.59 Å². The SMILES string of the molecule is CCOc1cccc(C(C)NC(=O)CNC(=O)c2cc(C)cc(C)c2)c1. The predicted octanol–water partition coefficient (Wildman–Crippen LogP) is 3.31. The molecule has 0 fully saturated rings. The molecule has 5 nitrogen and oxygen atoms in total. The zero-order valence-corrected chi connectivity index (χ0v) is 15.8. The van der Waals surface area contributed by atoms with Gasteiger partial charge in [0, 0.05) is 5.56 Å². The maximum atomic E-state index is 12.2. The molecule has 5 heteroatoms. The first kappa shape index (κ1) is 19.5. The molecule has 0 heterocycles. The van der Waals surface area contributed by atoms with Gasteiger partial charge in [-0.15, -0.1) is 0 Å². The van der Waals surface area contributed by atoms with Crippen LogP contribution in [0, 0.1) is 13.8 Å². The molecule has 1 unspecified atom stereocenters. The van der Waals surface area contributed by atoms with Crippen LogP contribution in [0.15, 0.2) is 42.5 Å². The molecule has 0 saturated heterocycles. The van der Waals surface area contributed by atoms with Crippen LogP contribution in [-0.2, 0) is 4.79 Å². The van der Waals surface area contributed by atoms with Crippen molar-refractivity contribution in [1.82, 2.24) is 10.6 Å². The summed E-state index contributed by atoms with van der Waals surface area (Å²) in [7, 11) is 0. The lowest BCUT2D eigenvalue weighted by molar-refractivity contribution is -0.120. The Morgan fingerprint density at radius 1 is 1.08 bits per heavy atom. The zero-order chi connectivity index (χ0) is 19.1. The van der Waals surface area contributed by atoms with Crippen molar-refractivity contribution < 1.29 is 14.3 Å². The molecule has 0 bridgehead atoms. The zero-order valence-electron chi connectivity index (χ0n) is 15.8. The van der Waals surface area contributed by atoms with Gasteiger partial charge in [0.1, 0.15) is 5.75 Å². The minimum Gasteiger partial charge on any atom is -0.494 e. The maximum Gasteiger partial charge on any atom is 0.251 e. The van der Waals surface area contributed by atoms with Crippen LogP contribution in [0.1, 0.15) is 46.9 Å². The summed E-state index contributed by atoms with van der Waals surface area (Å²) >= 11 is 0. The molecule has 0 radical (unpaired) electrons. The molecule has 2 rings (SSSR count). The van der Waals surface area contributed by atoms with Crippen LogP contribution in [0.5, 0.6) is 5.75 Å². The average molecular weight is 354 g/mol. The fourth-order valence-corrected chi connectivity index (χ4v) is 2.78. The highest BCUT2D eigenvalue weighted by atomic mass is 16.5. The fourth-order valence-electron chi connectivity index (χ4n) is 2.78. The van der Waals surface area contributed by atoms with Crippen molar-refractivity contribution >= 4 is 11.8 Å². The first-order valence-electron chi connectivity index (χ1n) is 8.77. The van der Waals surface area contributed by atoms with Crippen LogP contribution in [0.4, 0.5) is 0 Å². The summed E-state index contributed by atoms with van der Waals surface area (Å²) in [6, 6.07) is 13.0. The quantitative estimate of drug-likeness (QED) is 0.802. The summed E-state index contributed by atoms with van der Waals surface area (Å²) in [5.41, 5.74) is 3.54. The van der Waals surface area contributed by atoms with Crippen LogP contribution < -0.4 is 15.4 Å². The number of benzene rings is 2. The normalized spacial score (nSPS) is 11.5. The number of amides is 2. The van der Waals surface area contributed by atoms with Crippen molar-refractivity contribution in [2.45, 2.75) is 33.7 Å². The first-order valence-corrected chi connectivity index (χ1v) is 8.77. The molecule has 0 aliphatic heterocycles. The average Bonchev–Trinajstić information content (AvgIpc) is 2.59. The molecule has 0 saturated carbocycles. The van der Waals surface area contributed by atoms with Gasteiger partial charge in [0.05, 0.1) is 19.2 Å². The van der Waals surface area contributed by atoms with E-state index in [1.54, 1.807) is 0 Å². The Balaban J connectivity index is 1.89. The summed E-state index contributed by atoms with van der Waals surface area (Å²) in [5.74, 6) is 0.282. The topological polar surface area (TPSA) is 67.4 Å². The van der Waals surface area contributed by atoms with Gasteiger partial charge in [0.15, 0.2) is 0 Å². The lowest BCUT2D eigenvalue weighted by Crippen LogP contribution is -2.38. The number of carbonyl (C=O) groups is 2. The second kappa shape index (κ2) is 9.04. The number of carbonyl (C=O) groups excluding carboxylic acids is 2. The molecule has 1 atom stereocenters. The molecular weight excluding hydrogens is 328 g/mol. The number of hydrogen-bond donors (Lipinski definition) is 2. The van der Waals surface area contributed by atoms with E-state index in [-0.39, 0.29) is 24.4 Å². The first-order chi connectivity index (χ1) is 12.4. The van der Waals surface area contributed by atoms with Gasteiger partial charge in [0.25, 0.3) is 5.91 Å². The highest BCUT2D eigenvalue weighted by Crippen LogP contribution is 2.19. The van der Waals surface area contributed by atoms with Crippen molar-refractivity contribution in [3.63, 3.8) is 0 Å². The summed E-state index contributed by atoms with van der Waals surface area (Å²) in [6.07, 6.45) is 0. The van der Waals surface area contributed by atoms with E-state index in [1.807, 2.05) is 70.2 Å². The molecule has 138 valence electrons. The van der Waals surface area contributed by atoms with Crippen LogP contribution in [0.25, 0.3) is 0 Å². The molecule has 2 aromatic rings. The molecule has 0 aliphatic rings. The monoisotopic (exact) mass is 354 g/mol. The van der Waals surface area contributed by atoms with Crippen molar-refractivity contribution in [3.8, 4) is 5.75 Å². The largest absolute Gasteiger partial charge is 0.494 e. The van der Waals surface area contributed by atoms with E-state index in [0.29, 0.717) is 12.2 Å². The third-order valence-corrected chi connectivity index (χ3v) is 3.94. The highest BCUT2D eigenvalue weighted by Gasteiger charge is 2.12. The van der Waals surface area contributed by atoms with E-state index >= 15 is 0 Å². The van der Waals surface area contributed by atoms with Gasteiger partial charge in [-0.25, -0.2) is 0 Å². The Bertz CT molecular complexity index is 766. The lowest BCUT2D eigenvalue weighted by Gasteiger charge is -2.16. The van der Waals surface area contributed by atoms with E-state index in [0.717, 1.165) is 22.4 Å². The van der Waals surface area contributed by atoms with Crippen LogP contribution in [-0.4, -0.2) is 25.0 Å². The molecule has 2 amide bonds. The smallest absolute Gasteiger partial charge is 0.251 e. The van der Waals surface area contributed by atoms with Gasteiger partial charge in [0.2, 0.25) is 5.91 Å². The minimum atomic E-state index is -0.252. The molecule has 26 heavy (non-hydrogen) atoms. The molecule has 0 aliphatic carbocycles. The third kappa shape index (κ3) is 5.62. The van der Waals surface area contributed by atoms with Crippen LogP contribution in [0.3, 0.4) is 0 Å². The molecule has 2 N–H and O–H groups in total. The second-order valence-corrected chi connectivity index (χ2v) is 6.35. The number of hydrogen-bond acceptors (Lipinski definition) is 3. The minimum absolute atomic E-state index is 0.0681. The van der Waals surface area contributed by atoms with Crippen molar-refractivity contribution in [3.05, 3.63) is 64.7 Å². The number of rotatable bonds is 7. The Morgan fingerprint density at radius 2 is 1.77 bits per heavy atom. The fraction of sp³-hybridized carbons (Fsp3) is 0.333. The van der Waals surface area contributed by atoms with Crippen molar-refractivity contribution in [2.75, 3.05) is 13.2 Å². The number of ether oxygens (including phenoxy) is 1. The Hall–Kier alpha value is -2.82. The highest BCUT2D eigenvalue weighted by molar-refractivity contribution is 5.96. The summed E-state index contributed by atoms with van der Waals surface area (Å²) in [5, 5.41) is 5.55. The molecule has 2 aromatic carbocycles. The van der Waals surface area contributed by atoms with E-state index in [9.17, 15) is 9.59 Å². The Labute approximate surface area is 154 Å². The summed E-state index contributed by atoms with van der Waals surface area (Å²) in [4.78, 5) is 24.4. The summed E-state index contributed by atoms with van der Waals surface area (Å²) < 4.78 is 5.48. The second-order valence-electron chi connectivity index (χ2n) is 6.35. The third-order valence-electron chi connectivity index (χ3n) is 3.94. The molecular formula is C21H26N2O3. The van der Waals surface area contributed by atoms with Gasteiger partial charge in [-0.1, -0.05) is 29.3 Å². The molecule has 0 aromatic heterocycles. The number of aryl methyl sites for hydroxylation is 2. The van der Waals surface area contributed by atoms with E-state index in [2.05, 4.69) is 10.6 Å². The van der Waals surface area contributed by atoms with E-state index in [4.69, 9.17) is 4.74 Å². The Kier molecular flexibility index (Phi) is 6.78. The lowest BCUT2D eigenvalue weighted by atomic mass is 10.1. The van der Waals surface area contributed by atoms with Crippen LogP contribution in [0.2, 0.25) is 0 Å². The van der Waals surface area contributed by atoms with E-state index < -0.39 is 0 Å². The van der Waals surface area contributed by atoms with Gasteiger partial charge in [-0.05, 0) is 57.5 Å². The van der Waals surface area contributed by atoms with Gasteiger partial charge < -0.3 is 15.4 Å². The van der Waals surface area contributed by atoms with Gasteiger partial charge >= 0.3 is 0 Å². The maximum absolute atomic E-state index is 12.2. The van der Waals surface area contributed by atoms with Crippen molar-refractivity contribution in [1.29, 1.82) is 0 Å². The van der Waals surface area contributed by atoms with E-state index in [1.165, 1.54) is 0 Å². The molecule has 0 spiro atoms. The van der Waals surface area contributed by atoms with Gasteiger partial charge in [-0.2, -0.15) is 0 Å². The standard InChI is InChI=1S/C21H26N2O3/c1-5-26-19-8-6-7-17(12-19)16(4)23-20(24)13-22-21(25)18-10-14(2)9-15(3)11-18/h6-12,16H,5,13H2,1-4H3,(H,22,25)(H,23,24). The summed E-state index contributed by atoms with van der Waals surface area (Å²) in [6.45, 7) is 8.23. The Morgan fingerprint density at radius 3 is 2.42 bits per heavy atom.